The second-order valence-electron chi connectivity index (χ2n) is 6.91. The average molecular weight is 329 g/mol. The Morgan fingerprint density at radius 2 is 1.95 bits per heavy atom. The van der Waals surface area contributed by atoms with E-state index in [0.29, 0.717) is 19.1 Å². The van der Waals surface area contributed by atoms with Gasteiger partial charge in [0.25, 0.3) is 0 Å². The predicted octanol–water partition coefficient (Wildman–Crippen LogP) is 3.13. The summed E-state index contributed by atoms with van der Waals surface area (Å²) in [4.78, 5) is 12.0. The summed E-state index contributed by atoms with van der Waals surface area (Å²) < 4.78 is 5.68. The second kappa shape index (κ2) is 9.01. The Morgan fingerprint density at radius 3 is 2.50 bits per heavy atom. The van der Waals surface area contributed by atoms with Crippen LogP contribution in [0, 0.1) is 11.3 Å². The number of hydrogen-bond acceptors (Lipinski definition) is 3. The van der Waals surface area contributed by atoms with E-state index in [0.717, 1.165) is 11.3 Å². The lowest BCUT2D eigenvalue weighted by molar-refractivity contribution is -0.124. The van der Waals surface area contributed by atoms with Crippen molar-refractivity contribution in [2.75, 3.05) is 6.61 Å². The number of hydrogen-bond donors (Lipinski definition) is 2. The number of benzene rings is 1. The maximum absolute atomic E-state index is 12.0. The summed E-state index contributed by atoms with van der Waals surface area (Å²) in [5.74, 6) is 1.18. The number of nitrogens with one attached hydrogen (secondary N) is 1. The average Bonchev–Trinajstić information content (AvgIpc) is 2.41. The molecule has 0 bridgehead atoms. The number of ether oxygens (including phenoxy) is 1. The first-order chi connectivity index (χ1) is 9.70. The number of carbonyl (C=O) groups is 1. The standard InChI is InChI=1S/C17H28N2O2.ClH/c1-12(2)11-21-14-8-6-7-13(9-14)10-19-16(20)15(18)17(3,4)5;/h6-9,12,15H,10-11,18H2,1-5H3,(H,19,20);1H/t15-;/m1./s1. The molecule has 1 atom stereocenters. The van der Waals surface area contributed by atoms with Gasteiger partial charge in [-0.1, -0.05) is 46.8 Å². The van der Waals surface area contributed by atoms with Crippen molar-refractivity contribution in [2.24, 2.45) is 17.1 Å². The molecule has 5 heteroatoms. The van der Waals surface area contributed by atoms with Crippen LogP contribution in [0.25, 0.3) is 0 Å². The highest BCUT2D eigenvalue weighted by Crippen LogP contribution is 2.18. The van der Waals surface area contributed by atoms with Gasteiger partial charge in [0, 0.05) is 6.54 Å². The minimum Gasteiger partial charge on any atom is -0.493 e. The molecule has 0 radical (unpaired) electrons. The normalized spacial score (nSPS) is 12.5. The number of carbonyl (C=O) groups excluding carboxylic acids is 1. The molecule has 1 aromatic carbocycles. The molecule has 4 nitrogen and oxygen atoms in total. The molecule has 0 fully saturated rings. The summed E-state index contributed by atoms with van der Waals surface area (Å²) >= 11 is 0. The molecular weight excluding hydrogens is 300 g/mol. The SMILES string of the molecule is CC(C)COc1cccc(CNC(=O)[C@@H](N)C(C)(C)C)c1.Cl. The Labute approximate surface area is 140 Å². The summed E-state index contributed by atoms with van der Waals surface area (Å²) in [6.07, 6.45) is 0. The lowest BCUT2D eigenvalue weighted by Gasteiger charge is -2.25. The Morgan fingerprint density at radius 1 is 1.32 bits per heavy atom. The molecule has 1 amide bonds. The summed E-state index contributed by atoms with van der Waals surface area (Å²) in [6.45, 7) is 11.2. The lowest BCUT2D eigenvalue weighted by Crippen LogP contribution is -2.48. The maximum Gasteiger partial charge on any atom is 0.237 e. The van der Waals surface area contributed by atoms with Crippen molar-refractivity contribution >= 4 is 18.3 Å². The van der Waals surface area contributed by atoms with E-state index in [1.54, 1.807) is 0 Å². The van der Waals surface area contributed by atoms with E-state index in [1.807, 2.05) is 45.0 Å². The van der Waals surface area contributed by atoms with E-state index >= 15 is 0 Å². The number of halogens is 1. The summed E-state index contributed by atoms with van der Waals surface area (Å²) in [5, 5.41) is 2.88. The van der Waals surface area contributed by atoms with Crippen LogP contribution in [0.5, 0.6) is 5.75 Å². The fourth-order valence-electron chi connectivity index (χ4n) is 1.70. The summed E-state index contributed by atoms with van der Waals surface area (Å²) in [7, 11) is 0. The first-order valence-corrected chi connectivity index (χ1v) is 7.45. The van der Waals surface area contributed by atoms with Crippen LogP contribution in [0.1, 0.15) is 40.2 Å². The fraction of sp³-hybridized carbons (Fsp3) is 0.588. The first-order valence-electron chi connectivity index (χ1n) is 7.45. The third-order valence-electron chi connectivity index (χ3n) is 3.16. The molecule has 1 rings (SSSR count). The molecule has 3 N–H and O–H groups in total. The molecule has 0 aliphatic rings. The van der Waals surface area contributed by atoms with E-state index in [1.165, 1.54) is 0 Å². The minimum absolute atomic E-state index is 0. The van der Waals surface area contributed by atoms with Crippen LogP contribution >= 0.6 is 12.4 Å². The Hall–Kier alpha value is -1.26. The van der Waals surface area contributed by atoms with E-state index < -0.39 is 6.04 Å². The molecular formula is C17H29ClN2O2. The van der Waals surface area contributed by atoms with Gasteiger partial charge < -0.3 is 15.8 Å². The van der Waals surface area contributed by atoms with Crippen molar-refractivity contribution in [3.8, 4) is 5.75 Å². The van der Waals surface area contributed by atoms with Gasteiger partial charge in [-0.2, -0.15) is 0 Å². The Bertz CT molecular complexity index is 470. The molecule has 0 spiro atoms. The first kappa shape index (κ1) is 20.7. The molecule has 1 aromatic rings. The smallest absolute Gasteiger partial charge is 0.237 e. The quantitative estimate of drug-likeness (QED) is 0.843. The van der Waals surface area contributed by atoms with Crippen LogP contribution in [-0.2, 0) is 11.3 Å². The van der Waals surface area contributed by atoms with Gasteiger partial charge in [-0.05, 0) is 29.0 Å². The molecule has 0 saturated carbocycles. The van der Waals surface area contributed by atoms with Crippen molar-refractivity contribution in [3.63, 3.8) is 0 Å². The van der Waals surface area contributed by atoms with Crippen LogP contribution in [0.15, 0.2) is 24.3 Å². The van der Waals surface area contributed by atoms with Gasteiger partial charge in [0.2, 0.25) is 5.91 Å². The van der Waals surface area contributed by atoms with Crippen LogP contribution in [-0.4, -0.2) is 18.6 Å². The molecule has 0 aromatic heterocycles. The minimum atomic E-state index is -0.516. The molecule has 0 aliphatic heterocycles. The monoisotopic (exact) mass is 328 g/mol. The number of nitrogens with two attached hydrogens (primary N) is 1. The number of amides is 1. The zero-order valence-corrected chi connectivity index (χ0v) is 15.0. The molecule has 0 saturated heterocycles. The van der Waals surface area contributed by atoms with Gasteiger partial charge in [0.15, 0.2) is 0 Å². The third kappa shape index (κ3) is 7.14. The van der Waals surface area contributed by atoms with Crippen LogP contribution in [0.4, 0.5) is 0 Å². The molecule has 126 valence electrons. The highest BCUT2D eigenvalue weighted by Gasteiger charge is 2.27. The third-order valence-corrected chi connectivity index (χ3v) is 3.16. The van der Waals surface area contributed by atoms with Gasteiger partial charge in [0.1, 0.15) is 5.75 Å². The fourth-order valence-corrected chi connectivity index (χ4v) is 1.70. The van der Waals surface area contributed by atoms with Crippen molar-refractivity contribution in [1.29, 1.82) is 0 Å². The summed E-state index contributed by atoms with van der Waals surface area (Å²) in [5.41, 5.74) is 6.69. The van der Waals surface area contributed by atoms with Crippen LogP contribution in [0.2, 0.25) is 0 Å². The summed E-state index contributed by atoms with van der Waals surface area (Å²) in [6, 6.07) is 7.25. The molecule has 0 heterocycles. The molecule has 0 unspecified atom stereocenters. The lowest BCUT2D eigenvalue weighted by atomic mass is 9.87. The van der Waals surface area contributed by atoms with Crippen molar-refractivity contribution < 1.29 is 9.53 Å². The zero-order valence-electron chi connectivity index (χ0n) is 14.2. The van der Waals surface area contributed by atoms with Gasteiger partial charge in [-0.3, -0.25) is 4.79 Å². The van der Waals surface area contributed by atoms with Crippen LogP contribution in [0.3, 0.4) is 0 Å². The van der Waals surface area contributed by atoms with Crippen molar-refractivity contribution in [2.45, 2.75) is 47.2 Å². The van der Waals surface area contributed by atoms with E-state index in [2.05, 4.69) is 19.2 Å². The van der Waals surface area contributed by atoms with Gasteiger partial charge in [0.05, 0.1) is 12.6 Å². The predicted molar refractivity (Wildman–Crippen MR) is 93.3 cm³/mol. The maximum atomic E-state index is 12.0. The van der Waals surface area contributed by atoms with E-state index in [-0.39, 0.29) is 23.7 Å². The second-order valence-corrected chi connectivity index (χ2v) is 6.91. The highest BCUT2D eigenvalue weighted by atomic mass is 35.5. The topological polar surface area (TPSA) is 64.3 Å². The Kier molecular flexibility index (Phi) is 8.49. The van der Waals surface area contributed by atoms with E-state index in [4.69, 9.17) is 10.5 Å². The van der Waals surface area contributed by atoms with Gasteiger partial charge in [-0.15, -0.1) is 12.4 Å². The number of rotatable bonds is 6. The van der Waals surface area contributed by atoms with Crippen molar-refractivity contribution in [1.82, 2.24) is 5.32 Å². The van der Waals surface area contributed by atoms with Crippen LogP contribution < -0.4 is 15.8 Å². The van der Waals surface area contributed by atoms with Gasteiger partial charge in [-0.25, -0.2) is 0 Å². The van der Waals surface area contributed by atoms with Gasteiger partial charge >= 0.3 is 0 Å². The zero-order chi connectivity index (χ0) is 16.0. The van der Waals surface area contributed by atoms with Crippen molar-refractivity contribution in [3.05, 3.63) is 29.8 Å². The van der Waals surface area contributed by atoms with E-state index in [9.17, 15) is 4.79 Å². The molecule has 22 heavy (non-hydrogen) atoms. The highest BCUT2D eigenvalue weighted by molar-refractivity contribution is 5.85. The largest absolute Gasteiger partial charge is 0.493 e. The Balaban J connectivity index is 0.00000441. The molecule has 0 aliphatic carbocycles.